The molecule has 0 radical (unpaired) electrons. The maximum atomic E-state index is 10.5. The van der Waals surface area contributed by atoms with Crippen LogP contribution in [0, 0.1) is 5.92 Å². The van der Waals surface area contributed by atoms with E-state index in [1.54, 1.807) is 7.05 Å². The number of hydrogen-bond donors (Lipinski definition) is 2. The monoisotopic (exact) mass is 212 g/mol. The number of likely N-dealkylation sites (tertiary alicyclic amines) is 1. The predicted molar refractivity (Wildman–Crippen MR) is 49.1 cm³/mol. The highest BCUT2D eigenvalue weighted by atomic mass is 16.4. The number of carboxylic acid groups (broad SMARTS) is 1. The van der Waals surface area contributed by atoms with Crippen molar-refractivity contribution < 1.29 is 15.0 Å². The Kier molecular flexibility index (Phi) is 2.31. The highest BCUT2D eigenvalue weighted by Gasteiger charge is 2.37. The van der Waals surface area contributed by atoms with E-state index in [0.29, 0.717) is 18.8 Å². The van der Waals surface area contributed by atoms with Crippen molar-refractivity contribution in [3.63, 3.8) is 0 Å². The quantitative estimate of drug-likeness (QED) is 0.686. The van der Waals surface area contributed by atoms with Gasteiger partial charge in [-0.2, -0.15) is 0 Å². The van der Waals surface area contributed by atoms with Crippen molar-refractivity contribution in [3.8, 4) is 0 Å². The van der Waals surface area contributed by atoms with E-state index in [1.165, 1.54) is 15.8 Å². The van der Waals surface area contributed by atoms with E-state index in [2.05, 4.69) is 10.3 Å². The summed E-state index contributed by atoms with van der Waals surface area (Å²) < 4.78 is 1.49. The van der Waals surface area contributed by atoms with E-state index >= 15 is 0 Å². The van der Waals surface area contributed by atoms with Crippen LogP contribution in [0.5, 0.6) is 0 Å². The SMILES string of the molecule is Cn1nncc1C(O)C1CN(C(=O)O)C1. The average Bonchev–Trinajstić information content (AvgIpc) is 2.47. The molecule has 1 saturated heterocycles. The first kappa shape index (κ1) is 9.91. The lowest BCUT2D eigenvalue weighted by Gasteiger charge is -2.39. The second kappa shape index (κ2) is 3.50. The summed E-state index contributed by atoms with van der Waals surface area (Å²) in [6.45, 7) is 0.726. The summed E-state index contributed by atoms with van der Waals surface area (Å²) in [6, 6.07) is 0. The van der Waals surface area contributed by atoms with Crippen LogP contribution in [0.3, 0.4) is 0 Å². The number of nitrogens with zero attached hydrogens (tertiary/aromatic N) is 4. The molecule has 15 heavy (non-hydrogen) atoms. The summed E-state index contributed by atoms with van der Waals surface area (Å²) in [4.78, 5) is 11.8. The Morgan fingerprint density at radius 2 is 2.33 bits per heavy atom. The molecule has 7 nitrogen and oxygen atoms in total. The Bertz CT molecular complexity index is 372. The molecule has 0 saturated carbocycles. The molecule has 2 N–H and O–H groups in total. The number of carbonyl (C=O) groups is 1. The third-order valence-electron chi connectivity index (χ3n) is 2.68. The number of aliphatic hydroxyl groups is 1. The molecule has 7 heteroatoms. The zero-order chi connectivity index (χ0) is 11.0. The van der Waals surface area contributed by atoms with Crippen LogP contribution in [-0.2, 0) is 7.05 Å². The molecule has 0 aliphatic carbocycles. The van der Waals surface area contributed by atoms with Crippen molar-refractivity contribution in [1.29, 1.82) is 0 Å². The minimum atomic E-state index is -0.943. The van der Waals surface area contributed by atoms with Gasteiger partial charge in [-0.05, 0) is 0 Å². The second-order valence-electron chi connectivity index (χ2n) is 3.67. The van der Waals surface area contributed by atoms with Gasteiger partial charge >= 0.3 is 6.09 Å². The highest BCUT2D eigenvalue weighted by Crippen LogP contribution is 2.28. The standard InChI is InChI=1S/C8H12N4O3/c1-11-6(2-9-10-11)7(13)5-3-12(4-5)8(14)15/h2,5,7,13H,3-4H2,1H3,(H,14,15). The molecule has 1 amide bonds. The van der Waals surface area contributed by atoms with Crippen LogP contribution < -0.4 is 0 Å². The molecule has 0 bridgehead atoms. The second-order valence-corrected chi connectivity index (χ2v) is 3.67. The van der Waals surface area contributed by atoms with Gasteiger partial charge in [0, 0.05) is 26.1 Å². The highest BCUT2D eigenvalue weighted by molar-refractivity contribution is 5.66. The smallest absolute Gasteiger partial charge is 0.407 e. The third-order valence-corrected chi connectivity index (χ3v) is 2.68. The molecule has 1 fully saturated rings. The third kappa shape index (κ3) is 1.65. The molecule has 1 atom stereocenters. The van der Waals surface area contributed by atoms with Crippen molar-refractivity contribution in [2.45, 2.75) is 6.10 Å². The zero-order valence-electron chi connectivity index (χ0n) is 8.24. The minimum Gasteiger partial charge on any atom is -0.465 e. The Morgan fingerprint density at radius 3 is 2.80 bits per heavy atom. The van der Waals surface area contributed by atoms with E-state index in [-0.39, 0.29) is 5.92 Å². The number of hydrogen-bond acceptors (Lipinski definition) is 4. The predicted octanol–water partition coefficient (Wildman–Crippen LogP) is -0.542. The fraction of sp³-hybridized carbons (Fsp3) is 0.625. The van der Waals surface area contributed by atoms with Crippen molar-refractivity contribution in [2.75, 3.05) is 13.1 Å². The van der Waals surface area contributed by atoms with Crippen molar-refractivity contribution >= 4 is 6.09 Å². The van der Waals surface area contributed by atoms with Gasteiger partial charge in [0.2, 0.25) is 0 Å². The summed E-state index contributed by atoms with van der Waals surface area (Å²) >= 11 is 0. The van der Waals surface area contributed by atoms with E-state index < -0.39 is 12.2 Å². The molecule has 1 unspecified atom stereocenters. The molecule has 2 heterocycles. The first-order valence-corrected chi connectivity index (χ1v) is 4.60. The molecule has 2 rings (SSSR count). The lowest BCUT2D eigenvalue weighted by molar-refractivity contribution is -0.000794. The summed E-state index contributed by atoms with van der Waals surface area (Å²) in [6.07, 6.45) is -0.143. The molecular weight excluding hydrogens is 200 g/mol. The fourth-order valence-corrected chi connectivity index (χ4v) is 1.68. The van der Waals surface area contributed by atoms with Gasteiger partial charge in [0.05, 0.1) is 11.9 Å². The van der Waals surface area contributed by atoms with Gasteiger partial charge in [0.25, 0.3) is 0 Å². The maximum Gasteiger partial charge on any atom is 0.407 e. The van der Waals surface area contributed by atoms with Crippen molar-refractivity contribution in [3.05, 3.63) is 11.9 Å². The van der Waals surface area contributed by atoms with E-state index in [0.717, 1.165) is 0 Å². The van der Waals surface area contributed by atoms with Crippen LogP contribution in [0.15, 0.2) is 6.20 Å². The lowest BCUT2D eigenvalue weighted by Crippen LogP contribution is -2.51. The van der Waals surface area contributed by atoms with Gasteiger partial charge in [0.1, 0.15) is 6.10 Å². The topological polar surface area (TPSA) is 91.5 Å². The normalized spacial score (nSPS) is 18.7. The lowest BCUT2D eigenvalue weighted by atomic mass is 9.92. The summed E-state index contributed by atoms with van der Waals surface area (Å²) in [7, 11) is 1.69. The van der Waals surface area contributed by atoms with Gasteiger partial charge in [-0.15, -0.1) is 5.10 Å². The molecule has 1 aliphatic rings. The fourth-order valence-electron chi connectivity index (χ4n) is 1.68. The van der Waals surface area contributed by atoms with Crippen LogP contribution >= 0.6 is 0 Å². The van der Waals surface area contributed by atoms with Crippen LogP contribution in [-0.4, -0.2) is 49.3 Å². The van der Waals surface area contributed by atoms with E-state index in [4.69, 9.17) is 5.11 Å². The largest absolute Gasteiger partial charge is 0.465 e. The Morgan fingerprint density at radius 1 is 1.67 bits per heavy atom. The summed E-state index contributed by atoms with van der Waals surface area (Å²) in [5.74, 6) is -0.0571. The summed E-state index contributed by atoms with van der Waals surface area (Å²) in [5, 5.41) is 25.9. The average molecular weight is 212 g/mol. The summed E-state index contributed by atoms with van der Waals surface area (Å²) in [5.41, 5.74) is 0.616. The number of aliphatic hydroxyl groups excluding tert-OH is 1. The van der Waals surface area contributed by atoms with Crippen molar-refractivity contribution in [1.82, 2.24) is 19.9 Å². The molecular formula is C8H12N4O3. The molecule has 1 aromatic heterocycles. The van der Waals surface area contributed by atoms with Gasteiger partial charge in [-0.25, -0.2) is 9.48 Å². The molecule has 0 aromatic carbocycles. The number of aryl methyl sites for hydroxylation is 1. The van der Waals surface area contributed by atoms with Gasteiger partial charge in [-0.3, -0.25) is 0 Å². The molecule has 1 aliphatic heterocycles. The van der Waals surface area contributed by atoms with Crippen molar-refractivity contribution in [2.24, 2.45) is 13.0 Å². The Hall–Kier alpha value is -1.63. The maximum absolute atomic E-state index is 10.5. The first-order valence-electron chi connectivity index (χ1n) is 4.60. The zero-order valence-corrected chi connectivity index (χ0v) is 8.24. The van der Waals surface area contributed by atoms with Gasteiger partial charge in [0.15, 0.2) is 0 Å². The van der Waals surface area contributed by atoms with Crippen LogP contribution in [0.25, 0.3) is 0 Å². The molecule has 1 aromatic rings. The first-order chi connectivity index (χ1) is 7.09. The Balaban J connectivity index is 1.97. The van der Waals surface area contributed by atoms with Crippen LogP contribution in [0.2, 0.25) is 0 Å². The van der Waals surface area contributed by atoms with Crippen LogP contribution in [0.1, 0.15) is 11.8 Å². The van der Waals surface area contributed by atoms with E-state index in [1.807, 2.05) is 0 Å². The minimum absolute atomic E-state index is 0.0571. The number of aromatic nitrogens is 3. The van der Waals surface area contributed by atoms with Gasteiger partial charge in [-0.1, -0.05) is 5.21 Å². The van der Waals surface area contributed by atoms with Gasteiger partial charge < -0.3 is 15.1 Å². The van der Waals surface area contributed by atoms with Crippen LogP contribution in [0.4, 0.5) is 4.79 Å². The number of amides is 1. The van der Waals surface area contributed by atoms with E-state index in [9.17, 15) is 9.90 Å². The Labute approximate surface area is 85.9 Å². The molecule has 82 valence electrons. The molecule has 0 spiro atoms. The number of rotatable bonds is 2.